The molecule has 160 valence electrons. The third-order valence-electron chi connectivity index (χ3n) is 6.62. The highest BCUT2D eigenvalue weighted by atomic mass is 16.1. The van der Waals surface area contributed by atoms with Gasteiger partial charge >= 0.3 is 0 Å². The third kappa shape index (κ3) is 5.50. The first kappa shape index (κ1) is 21.1. The van der Waals surface area contributed by atoms with Crippen LogP contribution in [0.5, 0.6) is 0 Å². The van der Waals surface area contributed by atoms with E-state index in [9.17, 15) is 4.79 Å². The van der Waals surface area contributed by atoms with E-state index in [4.69, 9.17) is 0 Å². The monoisotopic (exact) mass is 405 g/mol. The van der Waals surface area contributed by atoms with E-state index in [1.165, 1.54) is 50.6 Å². The van der Waals surface area contributed by atoms with Crippen LogP contribution in [-0.2, 0) is 13.1 Å². The molecule has 2 aliphatic rings. The van der Waals surface area contributed by atoms with Crippen LogP contribution in [0, 0.1) is 0 Å². The molecule has 2 fully saturated rings. The van der Waals surface area contributed by atoms with Crippen molar-refractivity contribution < 1.29 is 4.79 Å². The molecule has 0 aliphatic carbocycles. The van der Waals surface area contributed by atoms with Gasteiger partial charge in [0.2, 0.25) is 0 Å². The van der Waals surface area contributed by atoms with Gasteiger partial charge in [0.15, 0.2) is 0 Å². The van der Waals surface area contributed by atoms with Crippen LogP contribution in [0.1, 0.15) is 66.9 Å². The summed E-state index contributed by atoms with van der Waals surface area (Å²) in [6.07, 6.45) is 7.75. The van der Waals surface area contributed by atoms with Crippen molar-refractivity contribution in [3.05, 3.63) is 65.2 Å². The first-order valence-corrected chi connectivity index (χ1v) is 11.6. The van der Waals surface area contributed by atoms with Crippen LogP contribution in [0.4, 0.5) is 5.69 Å². The Balaban J connectivity index is 1.42. The molecule has 2 heterocycles. The van der Waals surface area contributed by atoms with E-state index in [0.717, 1.165) is 43.0 Å². The van der Waals surface area contributed by atoms with Crippen LogP contribution in [0.25, 0.3) is 0 Å². The molecule has 2 aromatic carbocycles. The Morgan fingerprint density at radius 1 is 0.933 bits per heavy atom. The quantitative estimate of drug-likeness (QED) is 0.708. The van der Waals surface area contributed by atoms with E-state index in [2.05, 4.69) is 46.3 Å². The fraction of sp³-hybridized carbons (Fsp3) is 0.500. The lowest BCUT2D eigenvalue weighted by atomic mass is 10.0. The van der Waals surface area contributed by atoms with Gasteiger partial charge in [0.25, 0.3) is 5.91 Å². The second-order valence-electron chi connectivity index (χ2n) is 8.96. The van der Waals surface area contributed by atoms with E-state index in [1.54, 1.807) is 0 Å². The summed E-state index contributed by atoms with van der Waals surface area (Å²) >= 11 is 0. The number of anilines is 1. The first-order valence-electron chi connectivity index (χ1n) is 11.6. The van der Waals surface area contributed by atoms with Crippen LogP contribution in [-0.4, -0.2) is 41.4 Å². The van der Waals surface area contributed by atoms with Crippen LogP contribution in [0.15, 0.2) is 48.5 Å². The highest BCUT2D eigenvalue weighted by molar-refractivity contribution is 6.05. The smallest absolute Gasteiger partial charge is 0.255 e. The van der Waals surface area contributed by atoms with Crippen molar-refractivity contribution in [2.45, 2.75) is 64.6 Å². The summed E-state index contributed by atoms with van der Waals surface area (Å²) in [4.78, 5) is 18.1. The molecule has 0 saturated carbocycles. The highest BCUT2D eigenvalue weighted by Gasteiger charge is 2.19. The zero-order chi connectivity index (χ0) is 20.8. The molecule has 4 heteroatoms. The zero-order valence-corrected chi connectivity index (χ0v) is 18.3. The number of nitrogens with one attached hydrogen (secondary N) is 1. The summed E-state index contributed by atoms with van der Waals surface area (Å²) in [7, 11) is 0. The van der Waals surface area contributed by atoms with Gasteiger partial charge in [-0.25, -0.2) is 0 Å². The minimum absolute atomic E-state index is 0.00824. The Morgan fingerprint density at radius 2 is 1.73 bits per heavy atom. The standard InChI is InChI=1S/C26H35N3O/c1-21-10-5-8-17-29(21)19-22-11-9-13-24(18-22)27-26(30)25-14-4-3-12-23(25)20-28-15-6-2-7-16-28/h3-4,9,11-14,18,21H,2,5-8,10,15-17,19-20H2,1H3,(H,27,30)/t21-/m0/s1. The summed E-state index contributed by atoms with van der Waals surface area (Å²) in [5, 5.41) is 3.15. The molecule has 0 radical (unpaired) electrons. The van der Waals surface area contributed by atoms with Crippen molar-refractivity contribution in [3.8, 4) is 0 Å². The van der Waals surface area contributed by atoms with Crippen LogP contribution < -0.4 is 5.32 Å². The second kappa shape index (κ2) is 10.2. The summed E-state index contributed by atoms with van der Waals surface area (Å²) in [5.41, 5.74) is 4.06. The van der Waals surface area contributed by atoms with E-state index in [1.807, 2.05) is 24.3 Å². The molecular weight excluding hydrogens is 370 g/mol. The van der Waals surface area contributed by atoms with Gasteiger partial charge in [0.05, 0.1) is 0 Å². The molecule has 0 aromatic heterocycles. The number of benzene rings is 2. The Bertz CT molecular complexity index is 844. The first-order chi connectivity index (χ1) is 14.7. The molecule has 2 aromatic rings. The fourth-order valence-electron chi connectivity index (χ4n) is 4.81. The van der Waals surface area contributed by atoms with Crippen molar-refractivity contribution in [1.82, 2.24) is 9.80 Å². The second-order valence-corrected chi connectivity index (χ2v) is 8.96. The van der Waals surface area contributed by atoms with Gasteiger partial charge < -0.3 is 5.32 Å². The van der Waals surface area contributed by atoms with Crippen molar-refractivity contribution >= 4 is 11.6 Å². The van der Waals surface area contributed by atoms with E-state index < -0.39 is 0 Å². The largest absolute Gasteiger partial charge is 0.322 e. The van der Waals surface area contributed by atoms with E-state index in [0.29, 0.717) is 6.04 Å². The normalized spacial score (nSPS) is 20.8. The van der Waals surface area contributed by atoms with Crippen molar-refractivity contribution in [2.24, 2.45) is 0 Å². The number of nitrogens with zero attached hydrogens (tertiary/aromatic N) is 2. The Hall–Kier alpha value is -2.17. The van der Waals surface area contributed by atoms with Crippen LogP contribution in [0.2, 0.25) is 0 Å². The lowest BCUT2D eigenvalue weighted by Gasteiger charge is -2.33. The summed E-state index contributed by atoms with van der Waals surface area (Å²) in [6, 6.07) is 17.0. The Labute approximate surface area is 181 Å². The maximum Gasteiger partial charge on any atom is 0.255 e. The number of amides is 1. The van der Waals surface area contributed by atoms with Crippen LogP contribution >= 0.6 is 0 Å². The van der Waals surface area contributed by atoms with Gasteiger partial charge in [0, 0.05) is 30.4 Å². The predicted octanol–water partition coefficient (Wildman–Crippen LogP) is 5.30. The summed E-state index contributed by atoms with van der Waals surface area (Å²) in [6.45, 7) is 7.57. The number of likely N-dealkylation sites (tertiary alicyclic amines) is 2. The number of carbonyl (C=O) groups excluding carboxylic acids is 1. The molecule has 0 bridgehead atoms. The average Bonchev–Trinajstić information content (AvgIpc) is 2.77. The van der Waals surface area contributed by atoms with E-state index >= 15 is 0 Å². The van der Waals surface area contributed by atoms with E-state index in [-0.39, 0.29) is 5.91 Å². The Morgan fingerprint density at radius 3 is 2.57 bits per heavy atom. The molecular formula is C26H35N3O. The molecule has 4 nitrogen and oxygen atoms in total. The minimum atomic E-state index is -0.00824. The van der Waals surface area contributed by atoms with Crippen molar-refractivity contribution in [1.29, 1.82) is 0 Å². The molecule has 1 atom stereocenters. The maximum atomic E-state index is 13.1. The van der Waals surface area contributed by atoms with Gasteiger partial charge in [-0.05, 0) is 81.6 Å². The number of hydrogen-bond donors (Lipinski definition) is 1. The number of hydrogen-bond acceptors (Lipinski definition) is 3. The SMILES string of the molecule is C[C@H]1CCCCN1Cc1cccc(NC(=O)c2ccccc2CN2CCCCC2)c1. The molecule has 0 spiro atoms. The lowest BCUT2D eigenvalue weighted by molar-refractivity contribution is 0.102. The number of carbonyl (C=O) groups is 1. The van der Waals surface area contributed by atoms with Gasteiger partial charge in [-0.3, -0.25) is 14.6 Å². The maximum absolute atomic E-state index is 13.1. The van der Waals surface area contributed by atoms with Gasteiger partial charge in [-0.15, -0.1) is 0 Å². The molecule has 30 heavy (non-hydrogen) atoms. The van der Waals surface area contributed by atoms with Crippen molar-refractivity contribution in [2.75, 3.05) is 25.0 Å². The fourth-order valence-corrected chi connectivity index (χ4v) is 4.81. The molecule has 4 rings (SSSR count). The lowest BCUT2D eigenvalue weighted by Crippen LogP contribution is -2.36. The minimum Gasteiger partial charge on any atom is -0.322 e. The van der Waals surface area contributed by atoms with Gasteiger partial charge in [-0.1, -0.05) is 43.2 Å². The van der Waals surface area contributed by atoms with Gasteiger partial charge in [-0.2, -0.15) is 0 Å². The summed E-state index contributed by atoms with van der Waals surface area (Å²) in [5.74, 6) is -0.00824. The topological polar surface area (TPSA) is 35.6 Å². The number of piperidine rings is 2. The van der Waals surface area contributed by atoms with Gasteiger partial charge in [0.1, 0.15) is 0 Å². The van der Waals surface area contributed by atoms with Crippen molar-refractivity contribution in [3.63, 3.8) is 0 Å². The average molecular weight is 406 g/mol. The Kier molecular flexibility index (Phi) is 7.19. The molecule has 0 unspecified atom stereocenters. The molecule has 2 aliphatic heterocycles. The molecule has 2 saturated heterocycles. The third-order valence-corrected chi connectivity index (χ3v) is 6.62. The highest BCUT2D eigenvalue weighted by Crippen LogP contribution is 2.22. The predicted molar refractivity (Wildman–Crippen MR) is 124 cm³/mol. The number of rotatable bonds is 6. The summed E-state index contributed by atoms with van der Waals surface area (Å²) < 4.78 is 0. The zero-order valence-electron chi connectivity index (χ0n) is 18.3. The molecule has 1 amide bonds. The molecule has 1 N–H and O–H groups in total. The van der Waals surface area contributed by atoms with Crippen LogP contribution in [0.3, 0.4) is 0 Å².